The van der Waals surface area contributed by atoms with Crippen molar-refractivity contribution in [2.45, 2.75) is 26.8 Å². The molecule has 17 heavy (non-hydrogen) atoms. The molecule has 0 aliphatic heterocycles. The van der Waals surface area contributed by atoms with E-state index in [1.807, 2.05) is 0 Å². The van der Waals surface area contributed by atoms with Crippen molar-refractivity contribution >= 4 is 23.2 Å². The molecule has 0 aliphatic rings. The Balaban J connectivity index is 3.78. The standard InChI is InChI=1S/C11H23N3O2S/c1-8(2)7-13-11(17)14-9(3)10(15)12-5-6-16-4/h8-9H,5-7H2,1-4H3,(H,12,15)(H2,13,14,17). The highest BCUT2D eigenvalue weighted by atomic mass is 32.1. The van der Waals surface area contributed by atoms with Crippen molar-refractivity contribution in [2.75, 3.05) is 26.8 Å². The van der Waals surface area contributed by atoms with Crippen molar-refractivity contribution in [2.24, 2.45) is 5.92 Å². The maximum absolute atomic E-state index is 11.6. The third-order valence-corrected chi connectivity index (χ3v) is 2.28. The van der Waals surface area contributed by atoms with Crippen LogP contribution in [0.2, 0.25) is 0 Å². The van der Waals surface area contributed by atoms with E-state index in [-0.39, 0.29) is 11.9 Å². The van der Waals surface area contributed by atoms with Gasteiger partial charge in [-0.05, 0) is 25.1 Å². The molecule has 0 aromatic rings. The van der Waals surface area contributed by atoms with Gasteiger partial charge >= 0.3 is 0 Å². The summed E-state index contributed by atoms with van der Waals surface area (Å²) in [4.78, 5) is 11.6. The van der Waals surface area contributed by atoms with E-state index in [1.54, 1.807) is 14.0 Å². The maximum Gasteiger partial charge on any atom is 0.242 e. The van der Waals surface area contributed by atoms with Gasteiger partial charge in [0.1, 0.15) is 6.04 Å². The molecule has 1 unspecified atom stereocenters. The first kappa shape index (κ1) is 16.1. The highest BCUT2D eigenvalue weighted by Gasteiger charge is 2.12. The van der Waals surface area contributed by atoms with Crippen LogP contribution in [0.4, 0.5) is 0 Å². The SMILES string of the molecule is COCCNC(=O)C(C)NC(=S)NCC(C)C. The second kappa shape index (κ2) is 9.18. The fourth-order valence-corrected chi connectivity index (χ4v) is 1.30. The first-order valence-electron chi connectivity index (χ1n) is 5.78. The monoisotopic (exact) mass is 261 g/mol. The normalized spacial score (nSPS) is 12.1. The van der Waals surface area contributed by atoms with Crippen molar-refractivity contribution in [3.63, 3.8) is 0 Å². The van der Waals surface area contributed by atoms with E-state index in [9.17, 15) is 4.79 Å². The number of carbonyl (C=O) groups is 1. The van der Waals surface area contributed by atoms with Crippen LogP contribution in [-0.4, -0.2) is 43.9 Å². The van der Waals surface area contributed by atoms with Crippen molar-refractivity contribution < 1.29 is 9.53 Å². The van der Waals surface area contributed by atoms with Crippen LogP contribution in [0.3, 0.4) is 0 Å². The Morgan fingerprint density at radius 2 is 1.94 bits per heavy atom. The van der Waals surface area contributed by atoms with E-state index >= 15 is 0 Å². The van der Waals surface area contributed by atoms with Gasteiger partial charge in [0, 0.05) is 20.2 Å². The Bertz CT molecular complexity index is 247. The second-order valence-electron chi connectivity index (χ2n) is 4.25. The average Bonchev–Trinajstić information content (AvgIpc) is 2.26. The van der Waals surface area contributed by atoms with E-state index in [1.165, 1.54) is 0 Å². The van der Waals surface area contributed by atoms with E-state index in [2.05, 4.69) is 29.8 Å². The largest absolute Gasteiger partial charge is 0.383 e. The average molecular weight is 261 g/mol. The molecule has 5 nitrogen and oxygen atoms in total. The first-order valence-corrected chi connectivity index (χ1v) is 6.19. The van der Waals surface area contributed by atoms with Gasteiger partial charge in [0.2, 0.25) is 5.91 Å². The Hall–Kier alpha value is -0.880. The van der Waals surface area contributed by atoms with E-state index in [0.29, 0.717) is 24.2 Å². The molecule has 0 spiro atoms. The summed E-state index contributed by atoms with van der Waals surface area (Å²) in [6.07, 6.45) is 0. The van der Waals surface area contributed by atoms with Gasteiger partial charge < -0.3 is 20.7 Å². The molecule has 0 rings (SSSR count). The summed E-state index contributed by atoms with van der Waals surface area (Å²) >= 11 is 5.08. The van der Waals surface area contributed by atoms with E-state index in [4.69, 9.17) is 17.0 Å². The third kappa shape index (κ3) is 8.88. The van der Waals surface area contributed by atoms with E-state index in [0.717, 1.165) is 6.54 Å². The molecule has 0 heterocycles. The van der Waals surface area contributed by atoms with Crippen LogP contribution in [0.25, 0.3) is 0 Å². The minimum atomic E-state index is -0.348. The lowest BCUT2D eigenvalue weighted by Gasteiger charge is -2.17. The molecule has 3 N–H and O–H groups in total. The highest BCUT2D eigenvalue weighted by Crippen LogP contribution is 1.88. The summed E-state index contributed by atoms with van der Waals surface area (Å²) in [7, 11) is 1.60. The number of methoxy groups -OCH3 is 1. The van der Waals surface area contributed by atoms with Crippen molar-refractivity contribution in [3.8, 4) is 0 Å². The van der Waals surface area contributed by atoms with Gasteiger partial charge in [0.05, 0.1) is 6.61 Å². The fraction of sp³-hybridized carbons (Fsp3) is 0.818. The number of thiocarbonyl (C=S) groups is 1. The van der Waals surface area contributed by atoms with Crippen LogP contribution in [0.5, 0.6) is 0 Å². The van der Waals surface area contributed by atoms with E-state index < -0.39 is 0 Å². The third-order valence-electron chi connectivity index (χ3n) is 2.02. The van der Waals surface area contributed by atoms with Crippen LogP contribution in [0, 0.1) is 5.92 Å². The number of carbonyl (C=O) groups excluding carboxylic acids is 1. The van der Waals surface area contributed by atoms with Gasteiger partial charge in [-0.25, -0.2) is 0 Å². The summed E-state index contributed by atoms with van der Waals surface area (Å²) in [6.45, 7) is 7.77. The Kier molecular flexibility index (Phi) is 8.71. The zero-order valence-corrected chi connectivity index (χ0v) is 11.8. The lowest BCUT2D eigenvalue weighted by Crippen LogP contribution is -2.49. The first-order chi connectivity index (χ1) is 7.97. The Labute approximate surface area is 109 Å². The minimum absolute atomic E-state index is 0.0873. The molecular weight excluding hydrogens is 238 g/mol. The van der Waals surface area contributed by atoms with Crippen molar-refractivity contribution in [3.05, 3.63) is 0 Å². The number of ether oxygens (including phenoxy) is 1. The quantitative estimate of drug-likeness (QED) is 0.453. The lowest BCUT2D eigenvalue weighted by molar-refractivity contribution is -0.122. The summed E-state index contributed by atoms with van der Waals surface area (Å²) in [5.41, 5.74) is 0. The summed E-state index contributed by atoms with van der Waals surface area (Å²) in [5.74, 6) is 0.427. The molecule has 6 heteroatoms. The van der Waals surface area contributed by atoms with Gasteiger partial charge in [-0.15, -0.1) is 0 Å². The molecule has 0 saturated carbocycles. The smallest absolute Gasteiger partial charge is 0.242 e. The number of rotatable bonds is 7. The zero-order valence-electron chi connectivity index (χ0n) is 11.0. The maximum atomic E-state index is 11.6. The fourth-order valence-electron chi connectivity index (χ4n) is 1.04. The Morgan fingerprint density at radius 3 is 2.47 bits per heavy atom. The van der Waals surface area contributed by atoms with Crippen LogP contribution in [-0.2, 0) is 9.53 Å². The van der Waals surface area contributed by atoms with Gasteiger partial charge in [0.25, 0.3) is 0 Å². The van der Waals surface area contributed by atoms with Crippen LogP contribution in [0.1, 0.15) is 20.8 Å². The molecule has 0 saturated heterocycles. The number of nitrogens with one attached hydrogen (secondary N) is 3. The minimum Gasteiger partial charge on any atom is -0.383 e. The molecule has 0 aliphatic carbocycles. The van der Waals surface area contributed by atoms with Crippen molar-refractivity contribution in [1.29, 1.82) is 0 Å². The van der Waals surface area contributed by atoms with Gasteiger partial charge in [-0.2, -0.15) is 0 Å². The van der Waals surface area contributed by atoms with Crippen LogP contribution >= 0.6 is 12.2 Å². The van der Waals surface area contributed by atoms with Gasteiger partial charge in [0.15, 0.2) is 5.11 Å². The Morgan fingerprint density at radius 1 is 1.29 bits per heavy atom. The molecule has 0 bridgehead atoms. The number of amides is 1. The summed E-state index contributed by atoms with van der Waals surface area (Å²) in [6, 6.07) is -0.348. The van der Waals surface area contributed by atoms with Crippen LogP contribution < -0.4 is 16.0 Å². The predicted molar refractivity (Wildman–Crippen MR) is 72.9 cm³/mol. The number of hydrogen-bond acceptors (Lipinski definition) is 3. The highest BCUT2D eigenvalue weighted by molar-refractivity contribution is 7.80. The summed E-state index contributed by atoms with van der Waals surface area (Å²) < 4.78 is 4.84. The van der Waals surface area contributed by atoms with Crippen LogP contribution in [0.15, 0.2) is 0 Å². The second-order valence-corrected chi connectivity index (χ2v) is 4.66. The van der Waals surface area contributed by atoms with Crippen molar-refractivity contribution in [1.82, 2.24) is 16.0 Å². The topological polar surface area (TPSA) is 62.4 Å². The zero-order chi connectivity index (χ0) is 13.3. The predicted octanol–water partition coefficient (Wildman–Crippen LogP) is 0.258. The molecule has 100 valence electrons. The summed E-state index contributed by atoms with van der Waals surface area (Å²) in [5, 5.41) is 9.23. The molecule has 1 amide bonds. The molecular formula is C11H23N3O2S. The molecule has 0 aromatic carbocycles. The molecule has 0 aromatic heterocycles. The van der Waals surface area contributed by atoms with Gasteiger partial charge in [-0.1, -0.05) is 13.8 Å². The molecule has 0 fully saturated rings. The van der Waals surface area contributed by atoms with Gasteiger partial charge in [-0.3, -0.25) is 4.79 Å². The molecule has 1 atom stereocenters. The lowest BCUT2D eigenvalue weighted by atomic mass is 10.2. The number of hydrogen-bond donors (Lipinski definition) is 3. The molecule has 0 radical (unpaired) electrons.